The van der Waals surface area contributed by atoms with Crippen molar-refractivity contribution in [2.75, 3.05) is 12.4 Å². The molecule has 1 atom stereocenters. The van der Waals surface area contributed by atoms with Crippen LogP contribution in [0.25, 0.3) is 0 Å². The van der Waals surface area contributed by atoms with Gasteiger partial charge >= 0.3 is 23.1 Å². The van der Waals surface area contributed by atoms with Crippen molar-refractivity contribution in [3.05, 3.63) is 24.3 Å². The number of hydrogen-bond donors (Lipinski definition) is 0. The van der Waals surface area contributed by atoms with Crippen LogP contribution in [0.5, 0.6) is 0 Å². The summed E-state index contributed by atoms with van der Waals surface area (Å²) < 4.78 is 5.45. The van der Waals surface area contributed by atoms with Crippen LogP contribution in [0.3, 0.4) is 0 Å². The van der Waals surface area contributed by atoms with Crippen LogP contribution < -0.4 is 0 Å². The predicted molar refractivity (Wildman–Crippen MR) is 59.0 cm³/mol. The van der Waals surface area contributed by atoms with Gasteiger partial charge in [0.25, 0.3) is 0 Å². The van der Waals surface area contributed by atoms with Gasteiger partial charge in [-0.1, -0.05) is 40.2 Å². The summed E-state index contributed by atoms with van der Waals surface area (Å²) in [5.74, 6) is 0. The third kappa shape index (κ3) is 3.21. The van der Waals surface area contributed by atoms with Crippen LogP contribution in [0.1, 0.15) is 15.7 Å². The molecule has 0 aromatic rings. The SMILES string of the molecule is COC1(CCBr)C=CC=CC1.[H-].[H-].[Mg+2]. The number of alkyl halides is 1. The maximum atomic E-state index is 5.45. The van der Waals surface area contributed by atoms with Crippen LogP contribution in [0.15, 0.2) is 24.3 Å². The van der Waals surface area contributed by atoms with Gasteiger partial charge in [0, 0.05) is 12.4 Å². The van der Waals surface area contributed by atoms with Gasteiger partial charge in [-0.3, -0.25) is 0 Å². The number of allylic oxidation sites excluding steroid dienone is 2. The number of hydrogen-bond acceptors (Lipinski definition) is 1. The Hall–Kier alpha value is 0.686. The van der Waals surface area contributed by atoms with Gasteiger partial charge in [-0.15, -0.1) is 0 Å². The van der Waals surface area contributed by atoms with E-state index < -0.39 is 0 Å². The van der Waals surface area contributed by atoms with Crippen LogP contribution in [0, 0.1) is 0 Å². The number of rotatable bonds is 3. The molecular formula is C9H15BrMgO. The minimum atomic E-state index is -0.0434. The molecule has 0 saturated carbocycles. The summed E-state index contributed by atoms with van der Waals surface area (Å²) in [4.78, 5) is 0. The molecule has 0 fully saturated rings. The molecule has 0 aromatic carbocycles. The molecule has 0 N–H and O–H groups in total. The van der Waals surface area contributed by atoms with Crippen molar-refractivity contribution in [2.45, 2.75) is 18.4 Å². The summed E-state index contributed by atoms with van der Waals surface area (Å²) in [6, 6.07) is 0. The van der Waals surface area contributed by atoms with E-state index in [9.17, 15) is 0 Å². The maximum absolute atomic E-state index is 5.45. The first kappa shape index (κ1) is 12.7. The first-order valence-electron chi connectivity index (χ1n) is 3.78. The van der Waals surface area contributed by atoms with E-state index in [1.54, 1.807) is 7.11 Å². The minimum absolute atomic E-state index is 0. The fraction of sp³-hybridized carbons (Fsp3) is 0.556. The van der Waals surface area contributed by atoms with Gasteiger partial charge in [-0.2, -0.15) is 0 Å². The molecule has 0 radical (unpaired) electrons. The molecule has 1 rings (SSSR count). The Morgan fingerprint density at radius 3 is 2.75 bits per heavy atom. The summed E-state index contributed by atoms with van der Waals surface area (Å²) >= 11 is 3.42. The van der Waals surface area contributed by atoms with E-state index in [1.165, 1.54) is 0 Å². The van der Waals surface area contributed by atoms with Crippen molar-refractivity contribution in [3.8, 4) is 0 Å². The predicted octanol–water partition coefficient (Wildman–Crippen LogP) is 2.52. The zero-order valence-corrected chi connectivity index (χ0v) is 10.4. The Bertz CT molecular complexity index is 188. The zero-order chi connectivity index (χ0) is 8.16. The standard InChI is InChI=1S/C9H13BrO.Mg.2H/c1-11-9(7-8-10)5-3-2-4-6-9;;;/h2-5H,6-8H2,1H3;;;/q;+2;2*-1. The molecule has 0 saturated heterocycles. The van der Waals surface area contributed by atoms with E-state index in [2.05, 4.69) is 40.2 Å². The first-order valence-corrected chi connectivity index (χ1v) is 4.91. The molecule has 1 aliphatic rings. The summed E-state index contributed by atoms with van der Waals surface area (Å²) in [5, 5.41) is 0.985. The molecule has 1 nitrogen and oxygen atoms in total. The van der Waals surface area contributed by atoms with Gasteiger partial charge in [0.05, 0.1) is 5.60 Å². The van der Waals surface area contributed by atoms with Crippen LogP contribution in [0.4, 0.5) is 0 Å². The monoisotopic (exact) mass is 242 g/mol. The van der Waals surface area contributed by atoms with Crippen LogP contribution in [-0.2, 0) is 4.74 Å². The van der Waals surface area contributed by atoms with Gasteiger partial charge in [-0.05, 0) is 12.8 Å². The van der Waals surface area contributed by atoms with Gasteiger partial charge in [0.15, 0.2) is 0 Å². The van der Waals surface area contributed by atoms with Crippen LogP contribution >= 0.6 is 15.9 Å². The Kier molecular flexibility index (Phi) is 6.54. The average molecular weight is 243 g/mol. The molecular weight excluding hydrogens is 228 g/mol. The Morgan fingerprint density at radius 2 is 2.33 bits per heavy atom. The number of ether oxygens (including phenoxy) is 1. The van der Waals surface area contributed by atoms with Crippen molar-refractivity contribution >= 4 is 39.0 Å². The fourth-order valence-electron chi connectivity index (χ4n) is 1.24. The molecule has 66 valence electrons. The fourth-order valence-corrected chi connectivity index (χ4v) is 1.91. The third-order valence-corrected chi connectivity index (χ3v) is 2.43. The molecule has 0 heterocycles. The summed E-state index contributed by atoms with van der Waals surface area (Å²) in [6.07, 6.45) is 10.4. The number of methoxy groups -OCH3 is 1. The number of halogens is 1. The quantitative estimate of drug-likeness (QED) is 0.547. The van der Waals surface area contributed by atoms with Gasteiger partial charge in [0.1, 0.15) is 0 Å². The van der Waals surface area contributed by atoms with Crippen LogP contribution in [0.2, 0.25) is 0 Å². The molecule has 12 heavy (non-hydrogen) atoms. The topological polar surface area (TPSA) is 9.23 Å². The average Bonchev–Trinajstić information content (AvgIpc) is 2.07. The normalized spacial score (nSPS) is 26.8. The molecule has 0 aromatic heterocycles. The Morgan fingerprint density at radius 1 is 1.58 bits per heavy atom. The Balaban J connectivity index is -0.000000403. The summed E-state index contributed by atoms with van der Waals surface area (Å²) in [6.45, 7) is 0. The summed E-state index contributed by atoms with van der Waals surface area (Å²) in [5.41, 5.74) is -0.0434. The van der Waals surface area contributed by atoms with Crippen LogP contribution in [-0.4, -0.2) is 41.1 Å². The van der Waals surface area contributed by atoms with Gasteiger partial charge in [-0.25, -0.2) is 0 Å². The van der Waals surface area contributed by atoms with E-state index >= 15 is 0 Å². The van der Waals surface area contributed by atoms with E-state index in [0.717, 1.165) is 18.2 Å². The van der Waals surface area contributed by atoms with E-state index in [4.69, 9.17) is 4.74 Å². The van der Waals surface area contributed by atoms with Crippen molar-refractivity contribution in [3.63, 3.8) is 0 Å². The van der Waals surface area contributed by atoms with Crippen molar-refractivity contribution in [1.29, 1.82) is 0 Å². The van der Waals surface area contributed by atoms with E-state index in [-0.39, 0.29) is 31.5 Å². The van der Waals surface area contributed by atoms with Crippen molar-refractivity contribution in [2.24, 2.45) is 0 Å². The molecule has 0 amide bonds. The summed E-state index contributed by atoms with van der Waals surface area (Å²) in [7, 11) is 1.77. The molecule has 0 bridgehead atoms. The maximum Gasteiger partial charge on any atom is 2.00 e. The van der Waals surface area contributed by atoms with Gasteiger partial charge < -0.3 is 7.59 Å². The van der Waals surface area contributed by atoms with Crippen molar-refractivity contribution < 1.29 is 7.59 Å². The van der Waals surface area contributed by atoms with Crippen molar-refractivity contribution in [1.82, 2.24) is 0 Å². The Labute approximate surface area is 101 Å². The smallest absolute Gasteiger partial charge is 1.00 e. The molecule has 3 heteroatoms. The molecule has 0 spiro atoms. The second-order valence-corrected chi connectivity index (χ2v) is 3.49. The second-order valence-electron chi connectivity index (χ2n) is 2.70. The van der Waals surface area contributed by atoms with E-state index in [0.29, 0.717) is 0 Å². The first-order chi connectivity index (χ1) is 5.33. The molecule has 0 aliphatic heterocycles. The minimum Gasteiger partial charge on any atom is -1.00 e. The molecule has 1 aliphatic carbocycles. The molecule has 1 unspecified atom stereocenters. The van der Waals surface area contributed by atoms with Gasteiger partial charge in [0.2, 0.25) is 0 Å². The third-order valence-electron chi connectivity index (χ3n) is 2.03. The van der Waals surface area contributed by atoms with E-state index in [1.807, 2.05) is 0 Å². The zero-order valence-electron chi connectivity index (χ0n) is 9.42. The second kappa shape index (κ2) is 6.19. The largest absolute Gasteiger partial charge is 2.00 e.